The summed E-state index contributed by atoms with van der Waals surface area (Å²) in [5, 5.41) is 18.7. The Hall–Kier alpha value is -1.96. The topological polar surface area (TPSA) is 40.5 Å². The molecule has 0 bridgehead atoms. The van der Waals surface area contributed by atoms with Crippen molar-refractivity contribution in [1.82, 2.24) is 0 Å². The van der Waals surface area contributed by atoms with Crippen LogP contribution < -0.4 is 0 Å². The van der Waals surface area contributed by atoms with E-state index in [1.54, 1.807) is 0 Å². The fraction of sp³-hybridized carbons (Fsp3) is 0.333. The van der Waals surface area contributed by atoms with Crippen molar-refractivity contribution < 1.29 is 10.2 Å². The molecule has 2 heteroatoms. The smallest absolute Gasteiger partial charge is 0.121 e. The molecule has 2 aromatic rings. The Bertz CT molecular complexity index is 563. The molecule has 2 N–H and O–H groups in total. The number of hydrogen-bond acceptors (Lipinski definition) is 2. The Labute approximate surface area is 121 Å². The minimum atomic E-state index is 0.422. The van der Waals surface area contributed by atoms with Crippen LogP contribution >= 0.6 is 0 Å². The van der Waals surface area contributed by atoms with Gasteiger partial charge in [0.2, 0.25) is 0 Å². The molecule has 2 aromatic carbocycles. The Morgan fingerprint density at radius 3 is 1.50 bits per heavy atom. The second-order valence-electron chi connectivity index (χ2n) is 5.42. The van der Waals surface area contributed by atoms with Gasteiger partial charge in [0.25, 0.3) is 0 Å². The van der Waals surface area contributed by atoms with Crippen LogP contribution in [0.3, 0.4) is 0 Å². The summed E-state index contributed by atoms with van der Waals surface area (Å²) in [5.74, 6) is 0.852. The number of aromatic hydroxyl groups is 2. The lowest BCUT2D eigenvalue weighted by Gasteiger charge is -2.04. The summed E-state index contributed by atoms with van der Waals surface area (Å²) in [4.78, 5) is 0. The SMILES string of the molecule is Cc1cc(C)c(O)c(C)c1.Cc1ccc(C)c(O)c1C. The van der Waals surface area contributed by atoms with E-state index in [0.29, 0.717) is 11.5 Å². The standard InChI is InChI=1S/2C9H12O/c1-6-4-7(2)9(10)8(3)5-6;1-6-4-5-7(2)9(10)8(6)3/h2*4-5,10H,1-3H3. The monoisotopic (exact) mass is 272 g/mol. The highest BCUT2D eigenvalue weighted by atomic mass is 16.3. The second-order valence-corrected chi connectivity index (χ2v) is 5.42. The van der Waals surface area contributed by atoms with Crippen LogP contribution in [0.15, 0.2) is 24.3 Å². The van der Waals surface area contributed by atoms with Gasteiger partial charge in [-0.3, -0.25) is 0 Å². The van der Waals surface area contributed by atoms with E-state index in [4.69, 9.17) is 0 Å². The summed E-state index contributed by atoms with van der Waals surface area (Å²) in [6, 6.07) is 7.90. The molecule has 0 unspecified atom stereocenters. The summed E-state index contributed by atoms with van der Waals surface area (Å²) in [6.45, 7) is 11.7. The zero-order valence-electron chi connectivity index (χ0n) is 13.2. The molecule has 0 radical (unpaired) electrons. The van der Waals surface area contributed by atoms with Crippen LogP contribution in [0.5, 0.6) is 11.5 Å². The van der Waals surface area contributed by atoms with E-state index in [2.05, 4.69) is 0 Å². The zero-order chi connectivity index (χ0) is 15.4. The molecule has 0 aliphatic carbocycles. The zero-order valence-corrected chi connectivity index (χ0v) is 13.2. The first-order valence-corrected chi connectivity index (χ1v) is 6.76. The van der Waals surface area contributed by atoms with Crippen molar-refractivity contribution in [3.63, 3.8) is 0 Å². The third-order valence-electron chi connectivity index (χ3n) is 3.54. The van der Waals surface area contributed by atoms with Gasteiger partial charge in [-0.15, -0.1) is 0 Å². The van der Waals surface area contributed by atoms with E-state index in [1.807, 2.05) is 65.8 Å². The van der Waals surface area contributed by atoms with Crippen molar-refractivity contribution in [2.75, 3.05) is 0 Å². The molecule has 0 aliphatic rings. The number of rotatable bonds is 0. The highest BCUT2D eigenvalue weighted by molar-refractivity contribution is 5.43. The molecule has 0 fully saturated rings. The molecule has 0 aromatic heterocycles. The van der Waals surface area contributed by atoms with Crippen LogP contribution in [0.25, 0.3) is 0 Å². The first-order chi connectivity index (χ1) is 9.23. The molecule has 0 saturated heterocycles. The maximum absolute atomic E-state index is 9.39. The second kappa shape index (κ2) is 6.47. The van der Waals surface area contributed by atoms with Crippen molar-refractivity contribution >= 4 is 0 Å². The van der Waals surface area contributed by atoms with Crippen LogP contribution in [0.4, 0.5) is 0 Å². The minimum absolute atomic E-state index is 0.422. The Morgan fingerprint density at radius 2 is 1.05 bits per heavy atom. The first-order valence-electron chi connectivity index (χ1n) is 6.76. The van der Waals surface area contributed by atoms with E-state index in [0.717, 1.165) is 27.8 Å². The lowest BCUT2D eigenvalue weighted by Crippen LogP contribution is -1.83. The molecule has 2 rings (SSSR count). The summed E-state index contributed by atoms with van der Waals surface area (Å²) in [5.41, 5.74) is 6.19. The van der Waals surface area contributed by atoms with Gasteiger partial charge in [-0.2, -0.15) is 0 Å². The predicted molar refractivity (Wildman–Crippen MR) is 84.6 cm³/mol. The van der Waals surface area contributed by atoms with E-state index >= 15 is 0 Å². The maximum atomic E-state index is 9.39. The fourth-order valence-corrected chi connectivity index (χ4v) is 2.11. The molecule has 0 amide bonds. The Morgan fingerprint density at radius 1 is 0.600 bits per heavy atom. The predicted octanol–water partition coefficient (Wildman–Crippen LogP) is 4.63. The van der Waals surface area contributed by atoms with E-state index < -0.39 is 0 Å². The third-order valence-corrected chi connectivity index (χ3v) is 3.54. The lowest BCUT2D eigenvalue weighted by atomic mass is 10.1. The van der Waals surface area contributed by atoms with Gasteiger partial charge in [0, 0.05) is 0 Å². The summed E-state index contributed by atoms with van der Waals surface area (Å²) < 4.78 is 0. The summed E-state index contributed by atoms with van der Waals surface area (Å²) >= 11 is 0. The van der Waals surface area contributed by atoms with Gasteiger partial charge >= 0.3 is 0 Å². The number of hydrogen-bond donors (Lipinski definition) is 2. The van der Waals surface area contributed by atoms with Gasteiger partial charge in [0.05, 0.1) is 0 Å². The molecular formula is C18H24O2. The molecule has 0 saturated carbocycles. The van der Waals surface area contributed by atoms with Gasteiger partial charge in [-0.1, -0.05) is 29.8 Å². The van der Waals surface area contributed by atoms with Gasteiger partial charge in [-0.25, -0.2) is 0 Å². The maximum Gasteiger partial charge on any atom is 0.121 e. The largest absolute Gasteiger partial charge is 0.507 e. The molecule has 2 nitrogen and oxygen atoms in total. The molecule has 0 heterocycles. The molecular weight excluding hydrogens is 248 g/mol. The Balaban J connectivity index is 0.000000200. The minimum Gasteiger partial charge on any atom is -0.507 e. The highest BCUT2D eigenvalue weighted by Gasteiger charge is 2.00. The van der Waals surface area contributed by atoms with E-state index in [1.165, 1.54) is 5.56 Å². The molecule has 20 heavy (non-hydrogen) atoms. The average Bonchev–Trinajstić information content (AvgIpc) is 2.39. The van der Waals surface area contributed by atoms with Crippen LogP contribution in [-0.4, -0.2) is 10.2 Å². The van der Waals surface area contributed by atoms with Crippen molar-refractivity contribution in [3.05, 3.63) is 57.6 Å². The highest BCUT2D eigenvalue weighted by Crippen LogP contribution is 2.23. The van der Waals surface area contributed by atoms with Gasteiger partial charge < -0.3 is 10.2 Å². The summed E-state index contributed by atoms with van der Waals surface area (Å²) in [6.07, 6.45) is 0. The molecule has 0 spiro atoms. The quantitative estimate of drug-likeness (QED) is 0.733. The average molecular weight is 272 g/mol. The first kappa shape index (κ1) is 16.1. The number of phenolic OH excluding ortho intramolecular Hbond substituents is 2. The van der Waals surface area contributed by atoms with Crippen LogP contribution in [0, 0.1) is 41.5 Å². The van der Waals surface area contributed by atoms with E-state index in [9.17, 15) is 10.2 Å². The number of aryl methyl sites for hydroxylation is 5. The molecule has 0 atom stereocenters. The van der Waals surface area contributed by atoms with Crippen LogP contribution in [-0.2, 0) is 0 Å². The van der Waals surface area contributed by atoms with Crippen LogP contribution in [0.2, 0.25) is 0 Å². The van der Waals surface area contributed by atoms with Gasteiger partial charge in [0.1, 0.15) is 11.5 Å². The van der Waals surface area contributed by atoms with Crippen molar-refractivity contribution in [2.24, 2.45) is 0 Å². The van der Waals surface area contributed by atoms with Crippen molar-refractivity contribution in [2.45, 2.75) is 41.5 Å². The molecule has 108 valence electrons. The van der Waals surface area contributed by atoms with Crippen molar-refractivity contribution in [3.8, 4) is 11.5 Å². The number of benzene rings is 2. The number of phenols is 2. The fourth-order valence-electron chi connectivity index (χ4n) is 2.11. The van der Waals surface area contributed by atoms with Gasteiger partial charge in [-0.05, 0) is 69.4 Å². The van der Waals surface area contributed by atoms with Gasteiger partial charge in [0.15, 0.2) is 0 Å². The normalized spacial score (nSPS) is 9.90. The third kappa shape index (κ3) is 3.77. The summed E-state index contributed by atoms with van der Waals surface area (Å²) in [7, 11) is 0. The van der Waals surface area contributed by atoms with Crippen LogP contribution in [0.1, 0.15) is 33.4 Å². The Kier molecular flexibility index (Phi) is 5.20. The van der Waals surface area contributed by atoms with E-state index in [-0.39, 0.29) is 0 Å². The molecule has 0 aliphatic heterocycles. The lowest BCUT2D eigenvalue weighted by molar-refractivity contribution is 0.466. The van der Waals surface area contributed by atoms with Crippen molar-refractivity contribution in [1.29, 1.82) is 0 Å².